The molecule has 2 rings (SSSR count). The molecule has 3 heteroatoms. The molecule has 1 heterocycles. The van der Waals surface area contributed by atoms with Crippen molar-refractivity contribution in [3.05, 3.63) is 54.4 Å². The van der Waals surface area contributed by atoms with Gasteiger partial charge in [0.25, 0.3) is 0 Å². The molecule has 1 aromatic heterocycles. The van der Waals surface area contributed by atoms with E-state index in [1.54, 1.807) is 0 Å². The number of ether oxygens (including phenoxy) is 1. The third-order valence-corrected chi connectivity index (χ3v) is 5.56. The Morgan fingerprint density at radius 2 is 1.35 bits per heavy atom. The number of rotatable bonds is 17. The molecule has 0 spiro atoms. The van der Waals surface area contributed by atoms with Gasteiger partial charge < -0.3 is 4.74 Å². The Morgan fingerprint density at radius 1 is 0.710 bits per heavy atom. The summed E-state index contributed by atoms with van der Waals surface area (Å²) < 4.78 is 5.88. The molecule has 0 saturated carbocycles. The zero-order chi connectivity index (χ0) is 22.0. The smallest absolute Gasteiger partial charge is 0.159 e. The topological polar surface area (TPSA) is 35.0 Å². The zero-order valence-corrected chi connectivity index (χ0v) is 19.8. The van der Waals surface area contributed by atoms with Gasteiger partial charge in [-0.05, 0) is 68.4 Å². The standard InChI is InChI=1S/C28H42N2O/c1-3-5-7-9-11-12-14-16-22-31-27-20-18-26(19-21-27)28-29-23-25(24-30-28)17-15-13-10-8-6-4-2/h9,11,18-21,23-24H,3-8,10,12-17,22H2,1-2H3/b11-9-. The van der Waals surface area contributed by atoms with Crippen LogP contribution >= 0.6 is 0 Å². The minimum Gasteiger partial charge on any atom is -0.494 e. The first kappa shape index (κ1) is 25.1. The van der Waals surface area contributed by atoms with Crippen LogP contribution in [0.3, 0.4) is 0 Å². The lowest BCUT2D eigenvalue weighted by Crippen LogP contribution is -1.97. The highest BCUT2D eigenvalue weighted by Crippen LogP contribution is 2.20. The summed E-state index contributed by atoms with van der Waals surface area (Å²) in [5, 5.41) is 0. The van der Waals surface area contributed by atoms with Crippen molar-refractivity contribution in [1.82, 2.24) is 9.97 Å². The van der Waals surface area contributed by atoms with Crippen LogP contribution in [0.2, 0.25) is 0 Å². The lowest BCUT2D eigenvalue weighted by Gasteiger charge is -2.07. The van der Waals surface area contributed by atoms with Gasteiger partial charge in [0.05, 0.1) is 6.61 Å². The van der Waals surface area contributed by atoms with Crippen LogP contribution in [0.4, 0.5) is 0 Å². The fourth-order valence-electron chi connectivity index (χ4n) is 3.55. The average Bonchev–Trinajstić information content (AvgIpc) is 2.81. The maximum Gasteiger partial charge on any atom is 0.159 e. The number of aromatic nitrogens is 2. The molecule has 0 aliphatic carbocycles. The molecule has 0 radical (unpaired) electrons. The summed E-state index contributed by atoms with van der Waals surface area (Å²) in [5.41, 5.74) is 2.27. The van der Waals surface area contributed by atoms with Crippen LogP contribution in [0.5, 0.6) is 5.75 Å². The van der Waals surface area contributed by atoms with Crippen LogP contribution in [-0.4, -0.2) is 16.6 Å². The largest absolute Gasteiger partial charge is 0.494 e. The molecule has 1 aromatic carbocycles. The molecule has 3 nitrogen and oxygen atoms in total. The summed E-state index contributed by atoms with van der Waals surface area (Å²) in [6, 6.07) is 8.14. The highest BCUT2D eigenvalue weighted by molar-refractivity contribution is 5.55. The first-order valence-electron chi connectivity index (χ1n) is 12.5. The SMILES string of the molecule is CCCC/C=C\CCCCOc1ccc(-c2ncc(CCCCCCCC)cn2)cc1. The number of unbranched alkanes of at least 4 members (excludes halogenated alkanes) is 9. The normalized spacial score (nSPS) is 11.3. The fourth-order valence-corrected chi connectivity index (χ4v) is 3.55. The number of allylic oxidation sites excluding steroid dienone is 2. The molecule has 170 valence electrons. The van der Waals surface area contributed by atoms with E-state index in [2.05, 4.69) is 48.1 Å². The minimum absolute atomic E-state index is 0.770. The summed E-state index contributed by atoms with van der Waals surface area (Å²) in [6.45, 7) is 5.26. The van der Waals surface area contributed by atoms with Gasteiger partial charge in [-0.25, -0.2) is 9.97 Å². The fraction of sp³-hybridized carbons (Fsp3) is 0.571. The van der Waals surface area contributed by atoms with Gasteiger partial charge in [0.1, 0.15) is 5.75 Å². The van der Waals surface area contributed by atoms with E-state index in [9.17, 15) is 0 Å². The highest BCUT2D eigenvalue weighted by Gasteiger charge is 2.03. The number of aryl methyl sites for hydroxylation is 1. The van der Waals surface area contributed by atoms with E-state index in [0.717, 1.165) is 43.0 Å². The Hall–Kier alpha value is -2.16. The van der Waals surface area contributed by atoms with E-state index in [4.69, 9.17) is 4.74 Å². The highest BCUT2D eigenvalue weighted by atomic mass is 16.5. The van der Waals surface area contributed by atoms with E-state index < -0.39 is 0 Å². The molecule has 0 saturated heterocycles. The summed E-state index contributed by atoms with van der Waals surface area (Å²) in [4.78, 5) is 9.14. The van der Waals surface area contributed by atoms with Crippen LogP contribution in [0.1, 0.15) is 96.5 Å². The number of hydrogen-bond donors (Lipinski definition) is 0. The molecule has 0 unspecified atom stereocenters. The van der Waals surface area contributed by atoms with Gasteiger partial charge in [0.2, 0.25) is 0 Å². The molecule has 0 aliphatic rings. The first-order chi connectivity index (χ1) is 15.3. The summed E-state index contributed by atoms with van der Waals surface area (Å²) in [5.74, 6) is 1.70. The summed E-state index contributed by atoms with van der Waals surface area (Å²) >= 11 is 0. The van der Waals surface area contributed by atoms with Gasteiger partial charge in [0.15, 0.2) is 5.82 Å². The summed E-state index contributed by atoms with van der Waals surface area (Å²) in [7, 11) is 0. The Bertz CT molecular complexity index is 707. The van der Waals surface area contributed by atoms with Gasteiger partial charge in [-0.2, -0.15) is 0 Å². The van der Waals surface area contributed by atoms with Crippen LogP contribution in [0, 0.1) is 0 Å². The molecule has 0 N–H and O–H groups in total. The molecule has 0 bridgehead atoms. The van der Waals surface area contributed by atoms with Crippen molar-refractivity contribution in [3.8, 4) is 17.1 Å². The molecular weight excluding hydrogens is 380 g/mol. The van der Waals surface area contributed by atoms with Gasteiger partial charge in [0, 0.05) is 18.0 Å². The Morgan fingerprint density at radius 3 is 2.06 bits per heavy atom. The van der Waals surface area contributed by atoms with Crippen LogP contribution < -0.4 is 4.74 Å². The van der Waals surface area contributed by atoms with E-state index in [0.29, 0.717) is 0 Å². The Kier molecular flexibility index (Phi) is 13.4. The molecule has 0 fully saturated rings. The van der Waals surface area contributed by atoms with Gasteiger partial charge in [-0.3, -0.25) is 0 Å². The number of benzene rings is 1. The van der Waals surface area contributed by atoms with Crippen LogP contribution in [-0.2, 0) is 6.42 Å². The van der Waals surface area contributed by atoms with Crippen molar-refractivity contribution in [3.63, 3.8) is 0 Å². The van der Waals surface area contributed by atoms with Crippen molar-refractivity contribution in [2.24, 2.45) is 0 Å². The molecule has 31 heavy (non-hydrogen) atoms. The van der Waals surface area contributed by atoms with Gasteiger partial charge in [-0.1, -0.05) is 70.9 Å². The molecule has 2 aromatic rings. The summed E-state index contributed by atoms with van der Waals surface area (Å²) in [6.07, 6.45) is 24.8. The van der Waals surface area contributed by atoms with E-state index in [-0.39, 0.29) is 0 Å². The second kappa shape index (κ2) is 16.5. The van der Waals surface area contributed by atoms with Gasteiger partial charge >= 0.3 is 0 Å². The Balaban J connectivity index is 1.65. The van der Waals surface area contributed by atoms with Crippen LogP contribution in [0.25, 0.3) is 11.4 Å². The molecule has 0 amide bonds. The van der Waals surface area contributed by atoms with Crippen molar-refractivity contribution in [2.45, 2.75) is 97.3 Å². The lowest BCUT2D eigenvalue weighted by molar-refractivity contribution is 0.307. The lowest BCUT2D eigenvalue weighted by atomic mass is 10.1. The maximum absolute atomic E-state index is 5.88. The van der Waals surface area contributed by atoms with E-state index in [1.807, 2.05) is 24.5 Å². The zero-order valence-electron chi connectivity index (χ0n) is 19.8. The minimum atomic E-state index is 0.770. The second-order valence-corrected chi connectivity index (χ2v) is 8.41. The van der Waals surface area contributed by atoms with Gasteiger partial charge in [-0.15, -0.1) is 0 Å². The molecule has 0 atom stereocenters. The second-order valence-electron chi connectivity index (χ2n) is 8.41. The quantitative estimate of drug-likeness (QED) is 0.190. The van der Waals surface area contributed by atoms with E-state index in [1.165, 1.54) is 69.8 Å². The third kappa shape index (κ3) is 11.1. The number of hydrogen-bond acceptors (Lipinski definition) is 3. The van der Waals surface area contributed by atoms with Crippen molar-refractivity contribution >= 4 is 0 Å². The Labute approximate surface area is 190 Å². The molecule has 0 aliphatic heterocycles. The van der Waals surface area contributed by atoms with Crippen molar-refractivity contribution in [2.75, 3.05) is 6.61 Å². The van der Waals surface area contributed by atoms with Crippen molar-refractivity contribution < 1.29 is 4.74 Å². The number of nitrogens with zero attached hydrogens (tertiary/aromatic N) is 2. The first-order valence-corrected chi connectivity index (χ1v) is 12.5. The van der Waals surface area contributed by atoms with Crippen LogP contribution in [0.15, 0.2) is 48.8 Å². The monoisotopic (exact) mass is 422 g/mol. The molecular formula is C28H42N2O. The van der Waals surface area contributed by atoms with E-state index >= 15 is 0 Å². The third-order valence-electron chi connectivity index (χ3n) is 5.56. The predicted octanol–water partition coefficient (Wildman–Crippen LogP) is 8.34. The van der Waals surface area contributed by atoms with Crippen molar-refractivity contribution in [1.29, 1.82) is 0 Å². The average molecular weight is 423 g/mol. The predicted molar refractivity (Wildman–Crippen MR) is 133 cm³/mol. The maximum atomic E-state index is 5.88.